The quantitative estimate of drug-likeness (QED) is 0.753. The Morgan fingerprint density at radius 1 is 1.24 bits per heavy atom. The average Bonchev–Trinajstić information content (AvgIpc) is 3.59. The normalized spacial score (nSPS) is 18.9. The summed E-state index contributed by atoms with van der Waals surface area (Å²) in [5, 5.41) is 13.9. The van der Waals surface area contributed by atoms with E-state index in [0.29, 0.717) is 10.7 Å². The van der Waals surface area contributed by atoms with E-state index in [1.54, 1.807) is 6.92 Å². The van der Waals surface area contributed by atoms with Crippen molar-refractivity contribution in [3.63, 3.8) is 0 Å². The molecule has 2 heterocycles. The zero-order chi connectivity index (χ0) is 20.4. The van der Waals surface area contributed by atoms with Crippen LogP contribution in [0, 0.1) is 5.92 Å². The predicted molar refractivity (Wildman–Crippen MR) is 114 cm³/mol. The third kappa shape index (κ3) is 4.70. The number of amides is 1. The summed E-state index contributed by atoms with van der Waals surface area (Å²) in [6.07, 6.45) is 7.02. The van der Waals surface area contributed by atoms with Crippen LogP contribution in [0.4, 0.5) is 5.82 Å². The number of aromatic nitrogens is 2. The first-order chi connectivity index (χ1) is 13.9. The van der Waals surface area contributed by atoms with Gasteiger partial charge in [-0.15, -0.1) is 0 Å². The fourth-order valence-electron chi connectivity index (χ4n) is 3.83. The molecule has 7 heteroatoms. The molecule has 154 valence electrons. The molecule has 0 spiro atoms. The molecule has 1 aromatic heterocycles. The Morgan fingerprint density at radius 3 is 2.59 bits per heavy atom. The number of nitrogens with one attached hydrogen (secondary N) is 1. The lowest BCUT2D eigenvalue weighted by Gasteiger charge is -2.29. The van der Waals surface area contributed by atoms with Gasteiger partial charge in [-0.05, 0) is 57.1 Å². The van der Waals surface area contributed by atoms with Gasteiger partial charge in [0.2, 0.25) is 0 Å². The van der Waals surface area contributed by atoms with Crippen LogP contribution in [0.15, 0.2) is 30.5 Å². The lowest BCUT2D eigenvalue weighted by atomic mass is 10.0. The van der Waals surface area contributed by atoms with E-state index in [-0.39, 0.29) is 24.1 Å². The first kappa shape index (κ1) is 20.1. The van der Waals surface area contributed by atoms with E-state index in [1.165, 1.54) is 12.6 Å². The Kier molecular flexibility index (Phi) is 5.74. The minimum absolute atomic E-state index is 0.211. The highest BCUT2D eigenvalue weighted by atomic mass is 35.5. The van der Waals surface area contributed by atoms with Crippen molar-refractivity contribution in [1.29, 1.82) is 0 Å². The number of anilines is 1. The highest BCUT2D eigenvalue weighted by Gasteiger charge is 2.40. The highest BCUT2D eigenvalue weighted by molar-refractivity contribution is 6.30. The molecule has 4 rings (SSSR count). The maximum Gasteiger partial charge on any atom is 0.271 e. The number of aliphatic hydroxyl groups is 1. The summed E-state index contributed by atoms with van der Waals surface area (Å²) in [6, 6.07) is 7.44. The Labute approximate surface area is 176 Å². The Morgan fingerprint density at radius 2 is 1.93 bits per heavy atom. The lowest BCUT2D eigenvalue weighted by molar-refractivity contribution is 0.0353. The molecule has 1 aliphatic heterocycles. The van der Waals surface area contributed by atoms with Crippen molar-refractivity contribution in [3.8, 4) is 11.3 Å². The lowest BCUT2D eigenvalue weighted by Crippen LogP contribution is -2.42. The standard InChI is InChI=1S/C22H27ClN4O2/c1-22(29,16-7-8-16)14-25-21(28)18-13-24-20(27-11-3-2-4-12-27)19(26-18)15-5-9-17(23)10-6-15/h5-6,9-10,13,16,29H,2-4,7-8,11-12,14H2,1H3,(H,25,28). The number of hydrogen-bond donors (Lipinski definition) is 2. The third-order valence-corrected chi connectivity index (χ3v) is 6.07. The molecule has 6 nitrogen and oxygen atoms in total. The number of nitrogens with zero attached hydrogens (tertiary/aromatic N) is 3. The molecule has 1 atom stereocenters. The molecule has 29 heavy (non-hydrogen) atoms. The van der Waals surface area contributed by atoms with Gasteiger partial charge in [0.1, 0.15) is 11.4 Å². The molecule has 1 unspecified atom stereocenters. The fraction of sp³-hybridized carbons (Fsp3) is 0.500. The van der Waals surface area contributed by atoms with E-state index < -0.39 is 5.60 Å². The largest absolute Gasteiger partial charge is 0.388 e. The van der Waals surface area contributed by atoms with Crippen LogP contribution < -0.4 is 10.2 Å². The average molecular weight is 415 g/mol. The number of carbonyl (C=O) groups excluding carboxylic acids is 1. The van der Waals surface area contributed by atoms with Crippen LogP contribution in [0.2, 0.25) is 5.02 Å². The van der Waals surface area contributed by atoms with Crippen molar-refractivity contribution >= 4 is 23.3 Å². The van der Waals surface area contributed by atoms with Crippen molar-refractivity contribution in [2.24, 2.45) is 5.92 Å². The second kappa shape index (κ2) is 8.28. The molecule has 2 aromatic rings. The van der Waals surface area contributed by atoms with Crippen molar-refractivity contribution in [1.82, 2.24) is 15.3 Å². The summed E-state index contributed by atoms with van der Waals surface area (Å²) in [4.78, 5) is 24.2. The van der Waals surface area contributed by atoms with Gasteiger partial charge in [-0.1, -0.05) is 23.7 Å². The Balaban J connectivity index is 1.60. The molecule has 2 fully saturated rings. The fourth-order valence-corrected chi connectivity index (χ4v) is 3.96. The Hall–Kier alpha value is -2.18. The molecule has 1 saturated carbocycles. The number of halogens is 1. The van der Waals surface area contributed by atoms with Crippen LogP contribution in [0.3, 0.4) is 0 Å². The van der Waals surface area contributed by atoms with E-state index in [9.17, 15) is 9.90 Å². The van der Waals surface area contributed by atoms with E-state index in [4.69, 9.17) is 11.6 Å². The number of piperidine rings is 1. The molecule has 1 amide bonds. The van der Waals surface area contributed by atoms with E-state index in [1.807, 2.05) is 24.3 Å². The monoisotopic (exact) mass is 414 g/mol. The number of benzene rings is 1. The topological polar surface area (TPSA) is 78.3 Å². The molecule has 2 N–H and O–H groups in total. The van der Waals surface area contributed by atoms with Gasteiger partial charge in [0.15, 0.2) is 5.82 Å². The van der Waals surface area contributed by atoms with Crippen molar-refractivity contribution in [2.75, 3.05) is 24.5 Å². The van der Waals surface area contributed by atoms with Gasteiger partial charge in [0.25, 0.3) is 5.91 Å². The van der Waals surface area contributed by atoms with Crippen molar-refractivity contribution in [2.45, 2.75) is 44.6 Å². The molecule has 1 aromatic carbocycles. The minimum atomic E-state index is -0.879. The van der Waals surface area contributed by atoms with Crippen LogP contribution in [0.5, 0.6) is 0 Å². The zero-order valence-corrected chi connectivity index (χ0v) is 17.5. The molecule has 0 radical (unpaired) electrons. The van der Waals surface area contributed by atoms with Gasteiger partial charge < -0.3 is 15.3 Å². The van der Waals surface area contributed by atoms with Crippen LogP contribution in [0.25, 0.3) is 11.3 Å². The first-order valence-corrected chi connectivity index (χ1v) is 10.7. The van der Waals surface area contributed by atoms with Gasteiger partial charge >= 0.3 is 0 Å². The molecule has 0 bridgehead atoms. The van der Waals surface area contributed by atoms with Crippen molar-refractivity contribution < 1.29 is 9.90 Å². The van der Waals surface area contributed by atoms with Gasteiger partial charge in [-0.3, -0.25) is 4.79 Å². The number of hydrogen-bond acceptors (Lipinski definition) is 5. The van der Waals surface area contributed by atoms with Crippen LogP contribution in [-0.4, -0.2) is 46.2 Å². The van der Waals surface area contributed by atoms with Gasteiger partial charge in [0, 0.05) is 30.2 Å². The highest BCUT2D eigenvalue weighted by Crippen LogP contribution is 2.39. The smallest absolute Gasteiger partial charge is 0.271 e. The van der Waals surface area contributed by atoms with Gasteiger partial charge in [0.05, 0.1) is 11.8 Å². The summed E-state index contributed by atoms with van der Waals surface area (Å²) in [5.74, 6) is 0.743. The second-order valence-electron chi connectivity index (χ2n) is 8.30. The number of rotatable bonds is 6. The second-order valence-corrected chi connectivity index (χ2v) is 8.73. The minimum Gasteiger partial charge on any atom is -0.388 e. The van der Waals surface area contributed by atoms with Crippen LogP contribution in [-0.2, 0) is 0 Å². The van der Waals surface area contributed by atoms with E-state index >= 15 is 0 Å². The summed E-state index contributed by atoms with van der Waals surface area (Å²) < 4.78 is 0. The molecular formula is C22H27ClN4O2. The van der Waals surface area contributed by atoms with E-state index in [2.05, 4.69) is 20.2 Å². The number of carbonyl (C=O) groups is 1. The summed E-state index contributed by atoms with van der Waals surface area (Å²) in [7, 11) is 0. The van der Waals surface area contributed by atoms with Crippen LogP contribution in [0.1, 0.15) is 49.5 Å². The molecule has 1 aliphatic carbocycles. The SMILES string of the molecule is CC(O)(CNC(=O)c1cnc(N2CCCCC2)c(-c2ccc(Cl)cc2)n1)C1CC1. The summed E-state index contributed by atoms with van der Waals surface area (Å²) in [5.41, 5.74) is 0.935. The summed E-state index contributed by atoms with van der Waals surface area (Å²) >= 11 is 6.05. The third-order valence-electron chi connectivity index (χ3n) is 5.82. The molecule has 2 aliphatic rings. The van der Waals surface area contributed by atoms with Gasteiger partial charge in [-0.2, -0.15) is 0 Å². The van der Waals surface area contributed by atoms with Crippen molar-refractivity contribution in [3.05, 3.63) is 41.2 Å². The molecule has 1 saturated heterocycles. The summed E-state index contributed by atoms with van der Waals surface area (Å²) in [6.45, 7) is 3.85. The molecular weight excluding hydrogens is 388 g/mol. The first-order valence-electron chi connectivity index (χ1n) is 10.3. The predicted octanol–water partition coefficient (Wildman–Crippen LogP) is 3.68. The maximum atomic E-state index is 12.7. The van der Waals surface area contributed by atoms with Gasteiger partial charge in [-0.25, -0.2) is 9.97 Å². The Bertz CT molecular complexity index is 875. The van der Waals surface area contributed by atoms with Crippen LogP contribution >= 0.6 is 11.6 Å². The van der Waals surface area contributed by atoms with E-state index in [0.717, 1.165) is 50.2 Å². The maximum absolute atomic E-state index is 12.7. The zero-order valence-electron chi connectivity index (χ0n) is 16.7.